The van der Waals surface area contributed by atoms with Crippen LogP contribution in [0.4, 0.5) is 0 Å². The number of para-hydroxylation sites is 1. The van der Waals surface area contributed by atoms with E-state index in [1.54, 1.807) is 12.1 Å². The van der Waals surface area contributed by atoms with Crippen LogP contribution in [-0.4, -0.2) is 28.8 Å². The highest BCUT2D eigenvalue weighted by Gasteiger charge is 2.35. The zero-order valence-corrected chi connectivity index (χ0v) is 18.0. The van der Waals surface area contributed by atoms with Crippen molar-refractivity contribution in [3.8, 4) is 11.5 Å². The molecule has 1 aliphatic rings. The zero-order valence-electron chi connectivity index (χ0n) is 15.8. The first kappa shape index (κ1) is 20.8. The van der Waals surface area contributed by atoms with Gasteiger partial charge in [-0.1, -0.05) is 18.2 Å². The summed E-state index contributed by atoms with van der Waals surface area (Å²) in [5, 5.41) is 5.48. The summed E-state index contributed by atoms with van der Waals surface area (Å²) in [6.45, 7) is 3.83. The highest BCUT2D eigenvalue weighted by atomic mass is 127. The SMILES string of the molecule is CC(=O)Oc1cccc(C2=NN(C(C)=O)C(c3cccc(I)c3)O2)c1OC(C)=O. The third-order valence-electron chi connectivity index (χ3n) is 3.81. The van der Waals surface area contributed by atoms with Gasteiger partial charge in [0, 0.05) is 29.9 Å². The molecule has 0 saturated carbocycles. The Morgan fingerprint density at radius 1 is 1.03 bits per heavy atom. The molecule has 1 heterocycles. The monoisotopic (exact) mass is 508 g/mol. The van der Waals surface area contributed by atoms with Crippen molar-refractivity contribution in [3.63, 3.8) is 0 Å². The lowest BCUT2D eigenvalue weighted by atomic mass is 10.1. The molecule has 0 aliphatic carbocycles. The van der Waals surface area contributed by atoms with E-state index >= 15 is 0 Å². The van der Waals surface area contributed by atoms with E-state index in [0.29, 0.717) is 0 Å². The van der Waals surface area contributed by atoms with Gasteiger partial charge in [0.1, 0.15) is 0 Å². The molecule has 0 saturated heterocycles. The van der Waals surface area contributed by atoms with Crippen LogP contribution in [0.2, 0.25) is 0 Å². The maximum atomic E-state index is 12.1. The van der Waals surface area contributed by atoms with Crippen LogP contribution in [0.1, 0.15) is 38.1 Å². The largest absolute Gasteiger partial charge is 0.446 e. The Morgan fingerprint density at radius 2 is 1.72 bits per heavy atom. The second-order valence-corrected chi connectivity index (χ2v) is 7.36. The van der Waals surface area contributed by atoms with Crippen molar-refractivity contribution >= 4 is 46.3 Å². The molecule has 0 radical (unpaired) electrons. The molecule has 9 heteroatoms. The summed E-state index contributed by atoms with van der Waals surface area (Å²) in [7, 11) is 0. The first-order chi connectivity index (χ1) is 13.8. The number of amides is 1. The average Bonchev–Trinajstić information content (AvgIpc) is 3.08. The number of esters is 2. The van der Waals surface area contributed by atoms with Crippen LogP contribution in [0.15, 0.2) is 47.6 Å². The van der Waals surface area contributed by atoms with Gasteiger partial charge >= 0.3 is 11.9 Å². The smallest absolute Gasteiger partial charge is 0.308 e. The zero-order chi connectivity index (χ0) is 21.1. The number of carbonyl (C=O) groups excluding carboxylic acids is 3. The third-order valence-corrected chi connectivity index (χ3v) is 4.48. The van der Waals surface area contributed by atoms with Gasteiger partial charge in [0.25, 0.3) is 0 Å². The number of hydrazone groups is 1. The summed E-state index contributed by atoms with van der Waals surface area (Å²) in [5.41, 5.74) is 1.01. The van der Waals surface area contributed by atoms with Gasteiger partial charge in [-0.2, -0.15) is 5.01 Å². The minimum Gasteiger partial charge on any atom is -0.446 e. The van der Waals surface area contributed by atoms with Gasteiger partial charge in [-0.3, -0.25) is 14.4 Å². The van der Waals surface area contributed by atoms with Gasteiger partial charge in [0.15, 0.2) is 11.5 Å². The molecule has 8 nitrogen and oxygen atoms in total. The lowest BCUT2D eigenvalue weighted by Gasteiger charge is -2.19. The Hall–Kier alpha value is -2.95. The van der Waals surface area contributed by atoms with Gasteiger partial charge in [0.05, 0.1) is 5.56 Å². The molecule has 0 N–H and O–H groups in total. The molecule has 29 heavy (non-hydrogen) atoms. The minimum absolute atomic E-state index is 0.0132. The fraction of sp³-hybridized carbons (Fsp3) is 0.200. The number of ether oxygens (including phenoxy) is 3. The molecule has 0 bridgehead atoms. The van der Waals surface area contributed by atoms with Crippen molar-refractivity contribution in [2.75, 3.05) is 0 Å². The van der Waals surface area contributed by atoms with Crippen LogP contribution in [0.5, 0.6) is 11.5 Å². The van der Waals surface area contributed by atoms with E-state index < -0.39 is 18.2 Å². The normalized spacial score (nSPS) is 15.4. The standard InChI is InChI=1S/C20H17IN2O6/c1-11(24)23-20(14-6-4-7-15(21)10-14)29-19(22-23)16-8-5-9-17(27-12(2)25)18(16)28-13(3)26/h4-10,20H,1-3H3. The van der Waals surface area contributed by atoms with Crippen LogP contribution in [0, 0.1) is 3.57 Å². The van der Waals surface area contributed by atoms with Crippen molar-refractivity contribution in [1.29, 1.82) is 0 Å². The first-order valence-corrected chi connectivity index (χ1v) is 9.65. The number of hydrogen-bond acceptors (Lipinski definition) is 7. The molecule has 0 aromatic heterocycles. The van der Waals surface area contributed by atoms with Gasteiger partial charge in [0.2, 0.25) is 18.0 Å². The molecular formula is C20H17IN2O6. The van der Waals surface area contributed by atoms with Crippen molar-refractivity contribution in [2.24, 2.45) is 5.10 Å². The maximum Gasteiger partial charge on any atom is 0.308 e. The van der Waals surface area contributed by atoms with E-state index in [4.69, 9.17) is 14.2 Å². The Balaban J connectivity index is 2.05. The van der Waals surface area contributed by atoms with Crippen molar-refractivity contribution in [2.45, 2.75) is 27.0 Å². The lowest BCUT2D eigenvalue weighted by Crippen LogP contribution is -2.25. The predicted octanol–water partition coefficient (Wildman–Crippen LogP) is 3.38. The van der Waals surface area contributed by atoms with Crippen LogP contribution in [-0.2, 0) is 19.1 Å². The van der Waals surface area contributed by atoms with Gasteiger partial charge in [-0.25, -0.2) is 0 Å². The van der Waals surface area contributed by atoms with E-state index in [0.717, 1.165) is 9.13 Å². The van der Waals surface area contributed by atoms with E-state index in [-0.39, 0.29) is 28.9 Å². The Bertz CT molecular complexity index is 1020. The van der Waals surface area contributed by atoms with Crippen LogP contribution in [0.3, 0.4) is 0 Å². The summed E-state index contributed by atoms with van der Waals surface area (Å²) >= 11 is 2.16. The summed E-state index contributed by atoms with van der Waals surface area (Å²) in [6.07, 6.45) is -0.778. The van der Waals surface area contributed by atoms with Crippen molar-refractivity contribution in [1.82, 2.24) is 5.01 Å². The number of carbonyl (C=O) groups is 3. The second kappa shape index (κ2) is 8.60. The van der Waals surface area contributed by atoms with Gasteiger partial charge in [-0.15, -0.1) is 5.10 Å². The van der Waals surface area contributed by atoms with E-state index in [9.17, 15) is 14.4 Å². The second-order valence-electron chi connectivity index (χ2n) is 6.11. The number of nitrogens with zero attached hydrogens (tertiary/aromatic N) is 2. The molecule has 2 aromatic rings. The number of rotatable bonds is 4. The van der Waals surface area contributed by atoms with Crippen LogP contribution in [0.25, 0.3) is 0 Å². The molecule has 1 aliphatic heterocycles. The predicted molar refractivity (Wildman–Crippen MR) is 111 cm³/mol. The van der Waals surface area contributed by atoms with Gasteiger partial charge < -0.3 is 14.2 Å². The molecule has 0 spiro atoms. The molecule has 1 amide bonds. The summed E-state index contributed by atoms with van der Waals surface area (Å²) < 4.78 is 17.3. The molecular weight excluding hydrogens is 491 g/mol. The molecule has 150 valence electrons. The van der Waals surface area contributed by atoms with E-state index in [2.05, 4.69) is 27.7 Å². The molecule has 1 atom stereocenters. The van der Waals surface area contributed by atoms with Crippen molar-refractivity contribution < 1.29 is 28.6 Å². The van der Waals surface area contributed by atoms with E-state index in [1.807, 2.05) is 24.3 Å². The third kappa shape index (κ3) is 4.73. The maximum absolute atomic E-state index is 12.1. The Morgan fingerprint density at radius 3 is 2.34 bits per heavy atom. The quantitative estimate of drug-likeness (QED) is 0.357. The average molecular weight is 508 g/mol. The molecule has 3 rings (SSSR count). The van der Waals surface area contributed by atoms with Gasteiger partial charge in [-0.05, 0) is 46.9 Å². The fourth-order valence-corrected chi connectivity index (χ4v) is 3.29. The summed E-state index contributed by atoms with van der Waals surface area (Å²) in [4.78, 5) is 35.2. The molecule has 2 aromatic carbocycles. The lowest BCUT2D eigenvalue weighted by molar-refractivity contribution is -0.135. The summed E-state index contributed by atoms with van der Waals surface area (Å²) in [5.74, 6) is -1.42. The first-order valence-electron chi connectivity index (χ1n) is 8.57. The van der Waals surface area contributed by atoms with E-state index in [1.165, 1.54) is 31.8 Å². The van der Waals surface area contributed by atoms with Crippen molar-refractivity contribution in [3.05, 3.63) is 57.2 Å². The summed E-state index contributed by atoms with van der Waals surface area (Å²) in [6, 6.07) is 12.1. The van der Waals surface area contributed by atoms with Crippen LogP contribution >= 0.6 is 22.6 Å². The Labute approximate surface area is 180 Å². The number of hydrogen-bond donors (Lipinski definition) is 0. The van der Waals surface area contributed by atoms with Crippen LogP contribution < -0.4 is 9.47 Å². The number of benzene rings is 2. The highest BCUT2D eigenvalue weighted by Crippen LogP contribution is 2.37. The topological polar surface area (TPSA) is 94.5 Å². The molecule has 0 fully saturated rings. The highest BCUT2D eigenvalue weighted by molar-refractivity contribution is 14.1. The Kier molecular flexibility index (Phi) is 6.16. The fourth-order valence-electron chi connectivity index (χ4n) is 2.72. The number of halogens is 1. The minimum atomic E-state index is -0.778. The molecule has 1 unspecified atom stereocenters.